The lowest BCUT2D eigenvalue weighted by Gasteiger charge is -2.29. The molecule has 1 aliphatic rings. The number of ketones is 1. The molecular formula is C17H15FO. The van der Waals surface area contributed by atoms with E-state index in [2.05, 4.69) is 6.07 Å². The number of benzene rings is 2. The SMILES string of the molecule is Cc1cc(F)cc(C)c1C(=O)C1Cc2ccccc21. The van der Waals surface area contributed by atoms with Crippen molar-refractivity contribution >= 4 is 5.78 Å². The Morgan fingerprint density at radius 3 is 2.42 bits per heavy atom. The van der Waals surface area contributed by atoms with Crippen molar-refractivity contribution in [1.29, 1.82) is 0 Å². The second kappa shape index (κ2) is 4.30. The highest BCUT2D eigenvalue weighted by Crippen LogP contribution is 2.38. The van der Waals surface area contributed by atoms with Crippen molar-refractivity contribution in [2.75, 3.05) is 0 Å². The minimum atomic E-state index is -0.277. The second-order valence-corrected chi connectivity index (χ2v) is 5.23. The quantitative estimate of drug-likeness (QED) is 0.741. The number of hydrogen-bond donors (Lipinski definition) is 0. The van der Waals surface area contributed by atoms with Crippen LogP contribution in [0.5, 0.6) is 0 Å². The van der Waals surface area contributed by atoms with E-state index in [1.54, 1.807) is 13.8 Å². The Morgan fingerprint density at radius 1 is 1.16 bits per heavy atom. The molecule has 1 nitrogen and oxygen atoms in total. The number of rotatable bonds is 2. The van der Waals surface area contributed by atoms with E-state index in [9.17, 15) is 9.18 Å². The topological polar surface area (TPSA) is 17.1 Å². The van der Waals surface area contributed by atoms with Crippen LogP contribution in [-0.4, -0.2) is 5.78 Å². The van der Waals surface area contributed by atoms with E-state index in [1.165, 1.54) is 17.7 Å². The Balaban J connectivity index is 2.00. The predicted molar refractivity (Wildman–Crippen MR) is 73.1 cm³/mol. The average molecular weight is 254 g/mol. The summed E-state index contributed by atoms with van der Waals surface area (Å²) in [6.45, 7) is 3.60. The summed E-state index contributed by atoms with van der Waals surface area (Å²) in [5, 5.41) is 0. The first-order valence-electron chi connectivity index (χ1n) is 6.46. The lowest BCUT2D eigenvalue weighted by Crippen LogP contribution is -2.26. The Hall–Kier alpha value is -1.96. The van der Waals surface area contributed by atoms with Crippen LogP contribution in [-0.2, 0) is 6.42 Å². The van der Waals surface area contributed by atoms with Crippen LogP contribution >= 0.6 is 0 Å². The van der Waals surface area contributed by atoms with Crippen LogP contribution in [0.4, 0.5) is 4.39 Å². The van der Waals surface area contributed by atoms with Crippen molar-refractivity contribution < 1.29 is 9.18 Å². The molecule has 1 aliphatic carbocycles. The molecular weight excluding hydrogens is 239 g/mol. The zero-order valence-corrected chi connectivity index (χ0v) is 11.0. The highest BCUT2D eigenvalue weighted by Gasteiger charge is 2.33. The van der Waals surface area contributed by atoms with Gasteiger partial charge < -0.3 is 0 Å². The average Bonchev–Trinajstić information content (AvgIpc) is 2.29. The van der Waals surface area contributed by atoms with Crippen molar-refractivity contribution in [3.8, 4) is 0 Å². The molecule has 0 bridgehead atoms. The summed E-state index contributed by atoms with van der Waals surface area (Å²) >= 11 is 0. The van der Waals surface area contributed by atoms with Crippen LogP contribution in [0.1, 0.15) is 38.5 Å². The molecule has 2 aromatic rings. The predicted octanol–water partition coefficient (Wildman–Crippen LogP) is 3.97. The number of fused-ring (bicyclic) bond motifs is 1. The van der Waals surface area contributed by atoms with E-state index >= 15 is 0 Å². The van der Waals surface area contributed by atoms with Gasteiger partial charge in [0.2, 0.25) is 0 Å². The number of Topliss-reactive ketones (excluding diaryl/α,β-unsaturated/α-hetero) is 1. The van der Waals surface area contributed by atoms with Gasteiger partial charge in [0.05, 0.1) is 5.92 Å². The maximum atomic E-state index is 13.3. The fraction of sp³-hybridized carbons (Fsp3) is 0.235. The molecule has 2 aromatic carbocycles. The van der Waals surface area contributed by atoms with Gasteiger partial charge in [-0.05, 0) is 54.7 Å². The Kier molecular flexibility index (Phi) is 2.74. The maximum absolute atomic E-state index is 13.3. The van der Waals surface area contributed by atoms with E-state index in [0.717, 1.165) is 23.1 Å². The van der Waals surface area contributed by atoms with Crippen LogP contribution in [0.25, 0.3) is 0 Å². The fourth-order valence-corrected chi connectivity index (χ4v) is 2.97. The van der Waals surface area contributed by atoms with Crippen molar-refractivity contribution in [3.05, 3.63) is 70.0 Å². The third-order valence-electron chi connectivity index (χ3n) is 3.91. The molecule has 0 N–H and O–H groups in total. The minimum absolute atomic E-state index is 0.0564. The van der Waals surface area contributed by atoms with Crippen molar-refractivity contribution in [1.82, 2.24) is 0 Å². The van der Waals surface area contributed by atoms with Crippen LogP contribution in [0.15, 0.2) is 36.4 Å². The summed E-state index contributed by atoms with van der Waals surface area (Å²) in [7, 11) is 0. The van der Waals surface area contributed by atoms with Crippen molar-refractivity contribution in [2.24, 2.45) is 0 Å². The maximum Gasteiger partial charge on any atom is 0.171 e. The lowest BCUT2D eigenvalue weighted by molar-refractivity contribution is 0.0947. The molecule has 0 aromatic heterocycles. The number of hydrogen-bond acceptors (Lipinski definition) is 1. The highest BCUT2D eigenvalue weighted by molar-refractivity contribution is 6.04. The van der Waals surface area contributed by atoms with E-state index < -0.39 is 0 Å². The molecule has 0 amide bonds. The molecule has 96 valence electrons. The molecule has 19 heavy (non-hydrogen) atoms. The van der Waals surface area contributed by atoms with Gasteiger partial charge in [-0.15, -0.1) is 0 Å². The zero-order valence-electron chi connectivity index (χ0n) is 11.0. The molecule has 2 heteroatoms. The summed E-state index contributed by atoms with van der Waals surface area (Å²) in [5.74, 6) is -0.215. The lowest BCUT2D eigenvalue weighted by atomic mass is 9.73. The van der Waals surface area contributed by atoms with Crippen molar-refractivity contribution in [3.63, 3.8) is 0 Å². The van der Waals surface area contributed by atoms with E-state index in [-0.39, 0.29) is 17.5 Å². The first kappa shape index (κ1) is 12.1. The normalized spacial score (nSPS) is 16.7. The molecule has 0 saturated carbocycles. The van der Waals surface area contributed by atoms with E-state index in [1.807, 2.05) is 18.2 Å². The number of carbonyl (C=O) groups excluding carboxylic acids is 1. The van der Waals surface area contributed by atoms with Gasteiger partial charge in [-0.1, -0.05) is 24.3 Å². The molecule has 0 fully saturated rings. The van der Waals surface area contributed by atoms with Gasteiger partial charge in [0.15, 0.2) is 5.78 Å². The smallest absolute Gasteiger partial charge is 0.171 e. The Labute approximate surface area is 112 Å². The first-order chi connectivity index (χ1) is 9.08. The first-order valence-corrected chi connectivity index (χ1v) is 6.46. The highest BCUT2D eigenvalue weighted by atomic mass is 19.1. The summed E-state index contributed by atoms with van der Waals surface area (Å²) < 4.78 is 13.3. The zero-order chi connectivity index (χ0) is 13.6. The van der Waals surface area contributed by atoms with E-state index in [4.69, 9.17) is 0 Å². The summed E-state index contributed by atoms with van der Waals surface area (Å²) in [5.41, 5.74) is 4.51. The molecule has 0 aliphatic heterocycles. The van der Waals surface area contributed by atoms with Crippen molar-refractivity contribution in [2.45, 2.75) is 26.2 Å². The molecule has 1 atom stereocenters. The minimum Gasteiger partial charge on any atom is -0.293 e. The van der Waals surface area contributed by atoms with E-state index in [0.29, 0.717) is 5.56 Å². The van der Waals surface area contributed by atoms with Crippen LogP contribution in [0, 0.1) is 19.7 Å². The summed E-state index contributed by atoms with van der Waals surface area (Å²) in [6, 6.07) is 10.9. The number of aryl methyl sites for hydroxylation is 2. The molecule has 1 unspecified atom stereocenters. The summed E-state index contributed by atoms with van der Waals surface area (Å²) in [6.07, 6.45) is 0.797. The Bertz CT molecular complexity index is 650. The second-order valence-electron chi connectivity index (χ2n) is 5.23. The van der Waals surface area contributed by atoms with Crippen LogP contribution in [0.3, 0.4) is 0 Å². The number of carbonyl (C=O) groups is 1. The molecule has 3 rings (SSSR count). The van der Waals surface area contributed by atoms with Gasteiger partial charge in [0, 0.05) is 5.56 Å². The molecule has 0 saturated heterocycles. The van der Waals surface area contributed by atoms with Gasteiger partial charge in [0.25, 0.3) is 0 Å². The van der Waals surface area contributed by atoms with Gasteiger partial charge >= 0.3 is 0 Å². The number of halogens is 1. The van der Waals surface area contributed by atoms with Gasteiger partial charge in [-0.3, -0.25) is 4.79 Å². The fourth-order valence-electron chi connectivity index (χ4n) is 2.97. The molecule has 0 spiro atoms. The monoisotopic (exact) mass is 254 g/mol. The van der Waals surface area contributed by atoms with Gasteiger partial charge in [-0.2, -0.15) is 0 Å². The molecule has 0 radical (unpaired) electrons. The standard InChI is InChI=1S/C17H15FO/c1-10-7-13(18)8-11(2)16(10)17(19)15-9-12-5-3-4-6-14(12)15/h3-8,15H,9H2,1-2H3. The Morgan fingerprint density at radius 2 is 1.79 bits per heavy atom. The summed E-state index contributed by atoms with van der Waals surface area (Å²) in [4.78, 5) is 12.6. The van der Waals surface area contributed by atoms with Crippen LogP contribution < -0.4 is 0 Å². The van der Waals surface area contributed by atoms with Gasteiger partial charge in [0.1, 0.15) is 5.82 Å². The molecule has 0 heterocycles. The van der Waals surface area contributed by atoms with Gasteiger partial charge in [-0.25, -0.2) is 4.39 Å². The third kappa shape index (κ3) is 1.88. The largest absolute Gasteiger partial charge is 0.293 e. The van der Waals surface area contributed by atoms with Crippen LogP contribution in [0.2, 0.25) is 0 Å². The third-order valence-corrected chi connectivity index (χ3v) is 3.91.